The predicted octanol–water partition coefficient (Wildman–Crippen LogP) is 6.85. The van der Waals surface area contributed by atoms with Gasteiger partial charge in [-0.15, -0.1) is 9.24 Å². The van der Waals surface area contributed by atoms with Gasteiger partial charge in [-0.05, 0) is 39.3 Å². The summed E-state index contributed by atoms with van der Waals surface area (Å²) < 4.78 is 21.9. The van der Waals surface area contributed by atoms with Crippen LogP contribution >= 0.6 is 80.6 Å². The third-order valence-electron chi connectivity index (χ3n) is 1.82. The van der Waals surface area contributed by atoms with E-state index in [9.17, 15) is 4.57 Å². The summed E-state index contributed by atoms with van der Waals surface area (Å²) in [5, 5.41) is 4.18. The van der Waals surface area contributed by atoms with E-state index in [0.29, 0.717) is 19.4 Å². The van der Waals surface area contributed by atoms with E-state index in [1.54, 1.807) is 0 Å². The molecule has 3 nitrogen and oxygen atoms in total. The van der Waals surface area contributed by atoms with Crippen molar-refractivity contribution in [2.24, 2.45) is 0 Å². The second-order valence-corrected chi connectivity index (χ2v) is 9.71. The van der Waals surface area contributed by atoms with Gasteiger partial charge in [0.15, 0.2) is 0 Å². The number of hydrogen-bond acceptors (Lipinski definition) is 3. The van der Waals surface area contributed by atoms with E-state index in [-0.39, 0.29) is 0 Å². The standard InChI is InChI=1S/C7H16BrO3P.C3H6Br2.C3H8BrP/c1-3-10-12(9,11-4-2)7-5-6-8;2*4-2-1-3-5/h3-7H2,1-2H3;1-3H2;1-3,5H2. The van der Waals surface area contributed by atoms with Crippen molar-refractivity contribution in [3.05, 3.63) is 0 Å². The van der Waals surface area contributed by atoms with Crippen LogP contribution < -0.4 is 0 Å². The zero-order valence-electron chi connectivity index (χ0n) is 13.5. The molecule has 0 fully saturated rings. The Morgan fingerprint density at radius 3 is 1.41 bits per heavy atom. The average molecular weight is 616 g/mol. The monoisotopic (exact) mass is 612 g/mol. The lowest BCUT2D eigenvalue weighted by atomic mass is 10.6. The van der Waals surface area contributed by atoms with Crippen LogP contribution in [0.4, 0.5) is 0 Å². The Morgan fingerprint density at radius 2 is 1.23 bits per heavy atom. The number of halogens is 4. The van der Waals surface area contributed by atoms with Crippen LogP contribution in [0, 0.1) is 0 Å². The summed E-state index contributed by atoms with van der Waals surface area (Å²) in [7, 11) is -0.0962. The topological polar surface area (TPSA) is 35.5 Å². The van der Waals surface area contributed by atoms with E-state index in [0.717, 1.165) is 27.7 Å². The number of hydrogen-bond donors (Lipinski definition) is 0. The van der Waals surface area contributed by atoms with Gasteiger partial charge in [0.1, 0.15) is 0 Å². The van der Waals surface area contributed by atoms with Gasteiger partial charge >= 0.3 is 7.60 Å². The van der Waals surface area contributed by atoms with Gasteiger partial charge in [-0.25, -0.2) is 0 Å². The van der Waals surface area contributed by atoms with Gasteiger partial charge in [0.25, 0.3) is 0 Å². The Morgan fingerprint density at radius 1 is 0.818 bits per heavy atom. The van der Waals surface area contributed by atoms with Crippen LogP contribution in [-0.2, 0) is 13.6 Å². The van der Waals surface area contributed by atoms with Crippen LogP contribution in [0.3, 0.4) is 0 Å². The highest BCUT2D eigenvalue weighted by atomic mass is 79.9. The maximum atomic E-state index is 11.7. The van der Waals surface area contributed by atoms with Crippen LogP contribution in [0.1, 0.15) is 33.1 Å². The molecule has 9 heteroatoms. The minimum atomic E-state index is -2.77. The molecule has 0 rings (SSSR count). The molecule has 0 aliphatic rings. The Labute approximate surface area is 173 Å². The fraction of sp³-hybridized carbons (Fsp3) is 1.00. The molecule has 0 bridgehead atoms. The molecule has 0 radical (unpaired) electrons. The highest BCUT2D eigenvalue weighted by molar-refractivity contribution is 9.10. The largest absolute Gasteiger partial charge is 0.330 e. The SMILES string of the molecule is BrCCCBr.CCOP(=O)(CCCBr)OCC.PCCCBr. The van der Waals surface area contributed by atoms with E-state index in [2.05, 4.69) is 73.0 Å². The third kappa shape index (κ3) is 27.4. The molecule has 0 aromatic heterocycles. The van der Waals surface area contributed by atoms with Crippen molar-refractivity contribution in [2.45, 2.75) is 33.1 Å². The zero-order valence-corrected chi connectivity index (χ0v) is 21.9. The Balaban J connectivity index is -0.000000298. The Bertz CT molecular complexity index is 217. The van der Waals surface area contributed by atoms with Gasteiger partial charge in [-0.1, -0.05) is 63.7 Å². The van der Waals surface area contributed by atoms with Crippen LogP contribution in [0.15, 0.2) is 0 Å². The highest BCUT2D eigenvalue weighted by Crippen LogP contribution is 2.48. The zero-order chi connectivity index (χ0) is 17.7. The van der Waals surface area contributed by atoms with Crippen molar-refractivity contribution in [1.82, 2.24) is 0 Å². The quantitative estimate of drug-likeness (QED) is 0.188. The second kappa shape index (κ2) is 25.7. The number of rotatable bonds is 11. The van der Waals surface area contributed by atoms with Crippen molar-refractivity contribution in [1.29, 1.82) is 0 Å². The van der Waals surface area contributed by atoms with E-state index in [1.165, 1.54) is 19.0 Å². The molecule has 1 unspecified atom stereocenters. The maximum Gasteiger partial charge on any atom is 0.330 e. The molecule has 0 saturated heterocycles. The van der Waals surface area contributed by atoms with E-state index < -0.39 is 7.60 Å². The van der Waals surface area contributed by atoms with E-state index in [1.807, 2.05) is 13.8 Å². The summed E-state index contributed by atoms with van der Waals surface area (Å²) in [6, 6.07) is 0. The summed E-state index contributed by atoms with van der Waals surface area (Å²) in [5.74, 6) is 0. The first-order valence-corrected chi connectivity index (χ1v) is 14.4. The Hall–Kier alpha value is 2.50. The lowest BCUT2D eigenvalue weighted by molar-refractivity contribution is 0.220. The second-order valence-electron chi connectivity index (χ2n) is 3.78. The van der Waals surface area contributed by atoms with Gasteiger partial charge in [0.05, 0.1) is 19.4 Å². The molecular formula is C13H30Br4O3P2. The van der Waals surface area contributed by atoms with Crippen LogP contribution in [0.25, 0.3) is 0 Å². The fourth-order valence-electron chi connectivity index (χ4n) is 0.941. The first-order chi connectivity index (χ1) is 10.5. The van der Waals surface area contributed by atoms with E-state index >= 15 is 0 Å². The first-order valence-electron chi connectivity index (χ1n) is 7.33. The smallest absolute Gasteiger partial charge is 0.309 e. The highest BCUT2D eigenvalue weighted by Gasteiger charge is 2.21. The van der Waals surface area contributed by atoms with Crippen molar-refractivity contribution in [2.75, 3.05) is 46.9 Å². The van der Waals surface area contributed by atoms with Crippen molar-refractivity contribution in [3.8, 4) is 0 Å². The number of alkyl halides is 4. The normalized spacial score (nSPS) is 10.3. The van der Waals surface area contributed by atoms with Gasteiger partial charge in [-0.2, -0.15) is 0 Å². The lowest BCUT2D eigenvalue weighted by Gasteiger charge is -2.15. The first kappa shape index (κ1) is 29.3. The van der Waals surface area contributed by atoms with Crippen LogP contribution in [0.2, 0.25) is 0 Å². The van der Waals surface area contributed by atoms with E-state index in [4.69, 9.17) is 9.05 Å². The van der Waals surface area contributed by atoms with Gasteiger partial charge in [0, 0.05) is 21.3 Å². The molecule has 0 N–H and O–H groups in total. The molecular weight excluding hydrogens is 586 g/mol. The molecule has 0 saturated carbocycles. The summed E-state index contributed by atoms with van der Waals surface area (Å²) in [6.45, 7) is 4.53. The molecule has 0 spiro atoms. The van der Waals surface area contributed by atoms with Crippen LogP contribution in [0.5, 0.6) is 0 Å². The summed E-state index contributed by atoms with van der Waals surface area (Å²) in [5.41, 5.74) is 0. The molecule has 0 aromatic carbocycles. The molecule has 0 amide bonds. The van der Waals surface area contributed by atoms with Crippen molar-refractivity contribution >= 4 is 80.6 Å². The lowest BCUT2D eigenvalue weighted by Crippen LogP contribution is -2.00. The molecule has 0 aliphatic carbocycles. The van der Waals surface area contributed by atoms with Crippen LogP contribution in [-0.4, -0.2) is 46.9 Å². The average Bonchev–Trinajstić information content (AvgIpc) is 2.49. The molecule has 0 heterocycles. The fourth-order valence-corrected chi connectivity index (χ4v) is 5.76. The summed E-state index contributed by atoms with van der Waals surface area (Å²) >= 11 is 13.1. The molecule has 22 heavy (non-hydrogen) atoms. The predicted molar refractivity (Wildman–Crippen MR) is 119 cm³/mol. The van der Waals surface area contributed by atoms with Crippen molar-refractivity contribution < 1.29 is 13.6 Å². The summed E-state index contributed by atoms with van der Waals surface area (Å²) in [4.78, 5) is 0. The van der Waals surface area contributed by atoms with Gasteiger partial charge in [0.2, 0.25) is 0 Å². The minimum absolute atomic E-state index is 0.444. The summed E-state index contributed by atoms with van der Waals surface area (Å²) in [6.07, 6.45) is 5.02. The maximum absolute atomic E-state index is 11.7. The molecule has 1 atom stereocenters. The molecule has 0 aromatic rings. The third-order valence-corrected chi connectivity index (χ3v) is 6.64. The molecule has 138 valence electrons. The minimum Gasteiger partial charge on any atom is -0.309 e. The Kier molecular flexibility index (Phi) is 34.2. The van der Waals surface area contributed by atoms with Gasteiger partial charge < -0.3 is 9.05 Å². The van der Waals surface area contributed by atoms with Gasteiger partial charge in [-0.3, -0.25) is 4.57 Å². The molecule has 0 aliphatic heterocycles. The van der Waals surface area contributed by atoms with Crippen molar-refractivity contribution in [3.63, 3.8) is 0 Å².